The number of rotatable bonds is 4. The fourth-order valence-electron chi connectivity index (χ4n) is 3.48. The number of hydrogen-bond donors (Lipinski definition) is 1. The first-order valence-electron chi connectivity index (χ1n) is 9.83. The first kappa shape index (κ1) is 19.7. The number of aromatic nitrogens is 1. The van der Waals surface area contributed by atoms with Gasteiger partial charge in [-0.15, -0.1) is 0 Å². The Morgan fingerprint density at radius 3 is 2.65 bits per heavy atom. The predicted octanol–water partition coefficient (Wildman–Crippen LogP) is 6.50. The van der Waals surface area contributed by atoms with Gasteiger partial charge in [0.2, 0.25) is 0 Å². The second-order valence-corrected chi connectivity index (χ2v) is 8.52. The fourth-order valence-corrected chi connectivity index (χ4v) is 4.65. The van der Waals surface area contributed by atoms with E-state index in [9.17, 15) is 4.79 Å². The summed E-state index contributed by atoms with van der Waals surface area (Å²) < 4.78 is 0. The zero-order valence-electron chi connectivity index (χ0n) is 16.5. The number of nitrogens with one attached hydrogen (secondary N) is 1. The molecule has 0 unspecified atom stereocenters. The number of amides is 1. The summed E-state index contributed by atoms with van der Waals surface area (Å²) >= 11 is 7.68. The molecule has 1 fully saturated rings. The average molecular weight is 444 g/mol. The second kappa shape index (κ2) is 8.46. The molecule has 5 rings (SSSR count). The number of carbonyl (C=O) groups excluding carboxylic acids is 1. The quantitative estimate of drug-likeness (QED) is 0.366. The smallest absolute Gasteiger partial charge is 0.271 e. The molecule has 6 heteroatoms. The van der Waals surface area contributed by atoms with Gasteiger partial charge >= 0.3 is 0 Å². The first-order valence-corrected chi connectivity index (χ1v) is 11.0. The lowest BCUT2D eigenvalue weighted by Crippen LogP contribution is -2.28. The van der Waals surface area contributed by atoms with Crippen molar-refractivity contribution in [1.29, 1.82) is 0 Å². The molecule has 0 saturated carbocycles. The van der Waals surface area contributed by atoms with Gasteiger partial charge in [-0.3, -0.25) is 14.7 Å². The van der Waals surface area contributed by atoms with Gasteiger partial charge in [-0.1, -0.05) is 54.1 Å². The largest absolute Gasteiger partial charge is 0.361 e. The molecule has 1 saturated heterocycles. The second-order valence-electron chi connectivity index (χ2n) is 7.10. The van der Waals surface area contributed by atoms with Gasteiger partial charge in [0.15, 0.2) is 5.17 Å². The summed E-state index contributed by atoms with van der Waals surface area (Å²) in [4.78, 5) is 23.6. The zero-order valence-corrected chi connectivity index (χ0v) is 18.0. The monoisotopic (exact) mass is 443 g/mol. The molecular formula is C25H18ClN3OS. The average Bonchev–Trinajstić information content (AvgIpc) is 3.38. The predicted molar refractivity (Wildman–Crippen MR) is 130 cm³/mol. The van der Waals surface area contributed by atoms with Crippen LogP contribution in [0.3, 0.4) is 0 Å². The first-order chi connectivity index (χ1) is 15.2. The Hall–Kier alpha value is -3.28. The molecule has 4 nitrogen and oxygen atoms in total. The Morgan fingerprint density at radius 1 is 1.00 bits per heavy atom. The molecule has 0 spiro atoms. The number of benzene rings is 3. The van der Waals surface area contributed by atoms with E-state index in [-0.39, 0.29) is 5.91 Å². The van der Waals surface area contributed by atoms with E-state index in [0.29, 0.717) is 21.6 Å². The minimum Gasteiger partial charge on any atom is -0.361 e. The molecule has 0 atom stereocenters. The molecule has 1 aromatic heterocycles. The maximum absolute atomic E-state index is 13.3. The van der Waals surface area contributed by atoms with Crippen molar-refractivity contribution in [3.63, 3.8) is 0 Å². The van der Waals surface area contributed by atoms with Gasteiger partial charge in [0.25, 0.3) is 5.91 Å². The van der Waals surface area contributed by atoms with Crippen molar-refractivity contribution in [1.82, 2.24) is 4.98 Å². The van der Waals surface area contributed by atoms with Gasteiger partial charge in [-0.2, -0.15) is 0 Å². The molecule has 31 heavy (non-hydrogen) atoms. The summed E-state index contributed by atoms with van der Waals surface area (Å²) in [7, 11) is 0. The van der Waals surface area contributed by atoms with Crippen LogP contribution in [0.1, 0.15) is 11.1 Å². The summed E-state index contributed by atoms with van der Waals surface area (Å²) in [6.45, 7) is 0.404. The number of H-pyrrole nitrogens is 1. The molecule has 0 bridgehead atoms. The highest BCUT2D eigenvalue weighted by atomic mass is 35.5. The number of amidine groups is 1. The van der Waals surface area contributed by atoms with E-state index in [4.69, 9.17) is 16.6 Å². The maximum Gasteiger partial charge on any atom is 0.271 e. The van der Waals surface area contributed by atoms with Crippen LogP contribution in [0.4, 0.5) is 5.69 Å². The summed E-state index contributed by atoms with van der Waals surface area (Å²) in [5.41, 5.74) is 3.76. The SMILES string of the molecule is O=C1/C(=C/c2ccc3[nH]ccc3c2)S/C(=N\Cc2ccccc2Cl)N1c1ccccc1. The molecule has 3 aromatic carbocycles. The minimum absolute atomic E-state index is 0.0803. The van der Waals surface area contributed by atoms with Crippen LogP contribution in [0.2, 0.25) is 5.02 Å². The number of nitrogens with zero attached hydrogens (tertiary/aromatic N) is 2. The van der Waals surface area contributed by atoms with Crippen molar-refractivity contribution in [3.05, 3.63) is 106 Å². The Balaban J connectivity index is 1.51. The normalized spacial score (nSPS) is 16.7. The Bertz CT molecular complexity index is 1330. The topological polar surface area (TPSA) is 48.5 Å². The number of halogens is 1. The summed E-state index contributed by atoms with van der Waals surface area (Å²) in [6, 6.07) is 25.3. The maximum atomic E-state index is 13.3. The highest BCUT2D eigenvalue weighted by molar-refractivity contribution is 8.19. The Labute approximate surface area is 189 Å². The molecule has 4 aromatic rings. The summed E-state index contributed by atoms with van der Waals surface area (Å²) in [5, 5.41) is 2.42. The van der Waals surface area contributed by atoms with Crippen molar-refractivity contribution in [2.24, 2.45) is 4.99 Å². The highest BCUT2D eigenvalue weighted by Gasteiger charge is 2.34. The van der Waals surface area contributed by atoms with Gasteiger partial charge in [0.1, 0.15) is 0 Å². The van der Waals surface area contributed by atoms with Crippen LogP contribution >= 0.6 is 23.4 Å². The molecule has 0 radical (unpaired) electrons. The molecule has 1 N–H and O–H groups in total. The van der Waals surface area contributed by atoms with Gasteiger partial charge in [0.05, 0.1) is 17.1 Å². The Morgan fingerprint density at radius 2 is 1.81 bits per heavy atom. The number of fused-ring (bicyclic) bond motifs is 1. The molecule has 152 valence electrons. The molecule has 1 amide bonds. The van der Waals surface area contributed by atoms with Crippen LogP contribution in [0.5, 0.6) is 0 Å². The third kappa shape index (κ3) is 4.02. The number of hydrogen-bond acceptors (Lipinski definition) is 3. The van der Waals surface area contributed by atoms with Crippen LogP contribution in [0.25, 0.3) is 17.0 Å². The van der Waals surface area contributed by atoms with Gasteiger partial charge in [-0.05, 0) is 70.7 Å². The van der Waals surface area contributed by atoms with Crippen LogP contribution < -0.4 is 4.90 Å². The van der Waals surface area contributed by atoms with Gasteiger partial charge in [0, 0.05) is 16.7 Å². The molecule has 1 aliphatic rings. The number of carbonyl (C=O) groups is 1. The Kier molecular flexibility index (Phi) is 5.37. The van der Waals surface area contributed by atoms with E-state index < -0.39 is 0 Å². The lowest BCUT2D eigenvalue weighted by atomic mass is 10.1. The lowest BCUT2D eigenvalue weighted by molar-refractivity contribution is -0.113. The van der Waals surface area contributed by atoms with E-state index in [0.717, 1.165) is 27.7 Å². The van der Waals surface area contributed by atoms with Crippen LogP contribution in [-0.2, 0) is 11.3 Å². The van der Waals surface area contributed by atoms with E-state index in [2.05, 4.69) is 11.1 Å². The van der Waals surface area contributed by atoms with Crippen LogP contribution in [-0.4, -0.2) is 16.1 Å². The number of aromatic amines is 1. The van der Waals surface area contributed by atoms with E-state index >= 15 is 0 Å². The number of thioether (sulfide) groups is 1. The zero-order chi connectivity index (χ0) is 21.2. The minimum atomic E-state index is -0.0803. The fraction of sp³-hybridized carbons (Fsp3) is 0.0400. The number of aliphatic imine (C=N–C) groups is 1. The molecule has 1 aliphatic heterocycles. The molecule has 0 aliphatic carbocycles. The summed E-state index contributed by atoms with van der Waals surface area (Å²) in [5.74, 6) is -0.0803. The van der Waals surface area contributed by atoms with E-state index in [1.54, 1.807) is 4.90 Å². The molecular weight excluding hydrogens is 426 g/mol. The van der Waals surface area contributed by atoms with Crippen LogP contribution in [0.15, 0.2) is 95.0 Å². The highest BCUT2D eigenvalue weighted by Crippen LogP contribution is 2.36. The van der Waals surface area contributed by atoms with Crippen LogP contribution in [0, 0.1) is 0 Å². The van der Waals surface area contributed by atoms with Crippen molar-refractivity contribution in [2.75, 3.05) is 4.90 Å². The van der Waals surface area contributed by atoms with E-state index in [1.165, 1.54) is 11.8 Å². The number of anilines is 1. The summed E-state index contributed by atoms with van der Waals surface area (Å²) in [6.07, 6.45) is 3.83. The standard InChI is InChI=1S/C25H18ClN3OS/c26-21-9-5-4-6-19(21)16-28-25-29(20-7-2-1-3-8-20)24(30)23(31-25)15-17-10-11-22-18(14-17)12-13-27-22/h1-15,27H,16H2/b23-15-,28-25-. The van der Waals surface area contributed by atoms with Crippen molar-refractivity contribution >= 4 is 57.1 Å². The van der Waals surface area contributed by atoms with Crippen molar-refractivity contribution in [2.45, 2.75) is 6.54 Å². The lowest BCUT2D eigenvalue weighted by Gasteiger charge is -2.15. The number of para-hydroxylation sites is 1. The van der Waals surface area contributed by atoms with Crippen molar-refractivity contribution < 1.29 is 4.79 Å². The van der Waals surface area contributed by atoms with Gasteiger partial charge < -0.3 is 4.98 Å². The van der Waals surface area contributed by atoms with E-state index in [1.807, 2.05) is 85.1 Å². The molecule has 2 heterocycles. The third-order valence-electron chi connectivity index (χ3n) is 5.04. The van der Waals surface area contributed by atoms with Crippen molar-refractivity contribution in [3.8, 4) is 0 Å². The van der Waals surface area contributed by atoms with Gasteiger partial charge in [-0.25, -0.2) is 0 Å². The third-order valence-corrected chi connectivity index (χ3v) is 6.41.